The Labute approximate surface area is 118 Å². The second-order valence-electron chi connectivity index (χ2n) is 4.77. The fourth-order valence-corrected chi connectivity index (χ4v) is 2.37. The summed E-state index contributed by atoms with van der Waals surface area (Å²) in [7, 11) is 0. The molecule has 21 heavy (non-hydrogen) atoms. The van der Waals surface area contributed by atoms with Crippen molar-refractivity contribution in [3.63, 3.8) is 0 Å². The van der Waals surface area contributed by atoms with Crippen molar-refractivity contribution in [1.29, 1.82) is 5.26 Å². The molecule has 1 aliphatic rings. The van der Waals surface area contributed by atoms with E-state index in [-0.39, 0.29) is 18.2 Å². The zero-order valence-electron chi connectivity index (χ0n) is 10.8. The fraction of sp³-hybridized carbons (Fsp3) is 0.455. The summed E-state index contributed by atoms with van der Waals surface area (Å²) in [6.45, 7) is -0.618. The van der Waals surface area contributed by atoms with Crippen LogP contribution in [0.2, 0.25) is 0 Å². The zero-order chi connectivity index (χ0) is 15.2. The minimum absolute atomic E-state index is 0.0194. The molecule has 3 rings (SSSR count). The smallest absolute Gasteiger partial charge is 0.224 e. The van der Waals surface area contributed by atoms with Crippen LogP contribution in [0, 0.1) is 11.3 Å². The molecular weight excluding hydrogens is 278 g/mol. The largest absolute Gasteiger partial charge is 0.392 e. The molecule has 3 atom stereocenters. The van der Waals surface area contributed by atoms with Gasteiger partial charge in [0.15, 0.2) is 11.5 Å². The summed E-state index contributed by atoms with van der Waals surface area (Å²) in [4.78, 5) is 11.9. The first-order valence-electron chi connectivity index (χ1n) is 6.14. The number of hydrogen-bond donors (Lipinski definition) is 4. The number of fused-ring (bicyclic) bond motifs is 1. The lowest BCUT2D eigenvalue weighted by Gasteiger charge is -2.21. The van der Waals surface area contributed by atoms with Crippen molar-refractivity contribution in [2.24, 2.45) is 0 Å². The van der Waals surface area contributed by atoms with Crippen LogP contribution in [-0.4, -0.2) is 48.0 Å². The van der Waals surface area contributed by atoms with Crippen molar-refractivity contribution < 1.29 is 14.9 Å². The van der Waals surface area contributed by atoms with E-state index in [0.717, 1.165) is 0 Å². The van der Waals surface area contributed by atoms with Gasteiger partial charge in [-0.15, -0.1) is 0 Å². The van der Waals surface area contributed by atoms with Gasteiger partial charge in [-0.3, -0.25) is 4.57 Å². The van der Waals surface area contributed by atoms with Crippen LogP contribution in [0.15, 0.2) is 6.33 Å². The minimum Gasteiger partial charge on any atom is -0.392 e. The molecule has 10 nitrogen and oxygen atoms in total. The van der Waals surface area contributed by atoms with E-state index < -0.39 is 24.5 Å². The summed E-state index contributed by atoms with van der Waals surface area (Å²) in [5, 5.41) is 28.4. The molecule has 2 aromatic rings. The number of aliphatic hydroxyl groups excluding tert-OH is 2. The van der Waals surface area contributed by atoms with E-state index in [4.69, 9.17) is 21.5 Å². The Morgan fingerprint density at radius 2 is 2.29 bits per heavy atom. The van der Waals surface area contributed by atoms with Crippen LogP contribution < -0.4 is 11.5 Å². The molecule has 0 aliphatic carbocycles. The van der Waals surface area contributed by atoms with Crippen molar-refractivity contribution in [3.05, 3.63) is 6.33 Å². The molecule has 0 saturated carbocycles. The topological polar surface area (TPSA) is 169 Å². The van der Waals surface area contributed by atoms with Crippen LogP contribution in [0.4, 0.5) is 11.8 Å². The first-order chi connectivity index (χ1) is 10.0. The van der Waals surface area contributed by atoms with E-state index >= 15 is 0 Å². The fourth-order valence-electron chi connectivity index (χ4n) is 2.37. The van der Waals surface area contributed by atoms with E-state index in [1.807, 2.05) is 0 Å². The van der Waals surface area contributed by atoms with Gasteiger partial charge < -0.3 is 26.4 Å². The SMILES string of the molecule is N#C[C@]1(CO)O[C@@H](n2cnc3c(N)nc(N)nc32)C[C@@H]1O. The number of nitrogens with two attached hydrogens (primary N) is 2. The lowest BCUT2D eigenvalue weighted by Crippen LogP contribution is -2.41. The lowest BCUT2D eigenvalue weighted by atomic mass is 10.00. The molecule has 6 N–H and O–H groups in total. The third kappa shape index (κ3) is 1.87. The Kier molecular flexibility index (Phi) is 2.91. The van der Waals surface area contributed by atoms with Crippen molar-refractivity contribution in [3.8, 4) is 6.07 Å². The van der Waals surface area contributed by atoms with Crippen LogP contribution in [0.25, 0.3) is 11.2 Å². The molecule has 2 aromatic heterocycles. The standard InChI is InChI=1S/C11H13N7O3/c12-2-11(3-19)5(20)1-6(21-11)18-4-15-7-8(13)16-10(14)17-9(7)18/h4-6,19-20H,1,3H2,(H4,13,14,16,17)/t5-,6+,11+/m0/s1. The predicted molar refractivity (Wildman–Crippen MR) is 70.3 cm³/mol. The van der Waals surface area contributed by atoms with Crippen LogP contribution >= 0.6 is 0 Å². The minimum atomic E-state index is -1.66. The normalized spacial score (nSPS) is 28.8. The summed E-state index contributed by atoms with van der Waals surface area (Å²) in [6.07, 6.45) is -0.335. The molecule has 110 valence electrons. The number of hydrogen-bond acceptors (Lipinski definition) is 9. The molecule has 0 radical (unpaired) electrons. The van der Waals surface area contributed by atoms with E-state index in [2.05, 4.69) is 15.0 Å². The van der Waals surface area contributed by atoms with Gasteiger partial charge in [-0.2, -0.15) is 15.2 Å². The third-order valence-electron chi connectivity index (χ3n) is 3.51. The van der Waals surface area contributed by atoms with Crippen LogP contribution in [0.1, 0.15) is 12.6 Å². The predicted octanol–water partition coefficient (Wildman–Crippen LogP) is -1.47. The monoisotopic (exact) mass is 291 g/mol. The first-order valence-corrected chi connectivity index (χ1v) is 6.14. The van der Waals surface area contributed by atoms with E-state index in [1.54, 1.807) is 6.07 Å². The molecule has 0 unspecified atom stereocenters. The van der Waals surface area contributed by atoms with E-state index in [0.29, 0.717) is 11.2 Å². The molecule has 1 fully saturated rings. The second-order valence-corrected chi connectivity index (χ2v) is 4.77. The highest BCUT2D eigenvalue weighted by Gasteiger charge is 2.49. The van der Waals surface area contributed by atoms with Crippen molar-refractivity contribution >= 4 is 22.9 Å². The maximum atomic E-state index is 9.97. The van der Waals surface area contributed by atoms with Gasteiger partial charge in [0.2, 0.25) is 11.5 Å². The zero-order valence-corrected chi connectivity index (χ0v) is 10.8. The number of nitrogen functional groups attached to an aromatic ring is 2. The molecule has 3 heterocycles. The summed E-state index contributed by atoms with van der Waals surface area (Å²) < 4.78 is 7.01. The Balaban J connectivity index is 2.05. The van der Waals surface area contributed by atoms with Crippen LogP contribution in [-0.2, 0) is 4.74 Å². The van der Waals surface area contributed by atoms with Gasteiger partial charge in [-0.25, -0.2) is 4.98 Å². The molecule has 0 amide bonds. The first kappa shape index (κ1) is 13.5. The Morgan fingerprint density at radius 3 is 2.90 bits per heavy atom. The molecule has 0 spiro atoms. The summed E-state index contributed by atoms with van der Waals surface area (Å²) in [6, 6.07) is 1.80. The molecule has 0 bridgehead atoms. The van der Waals surface area contributed by atoms with Gasteiger partial charge in [-0.05, 0) is 0 Å². The molecular formula is C11H13N7O3. The summed E-state index contributed by atoms with van der Waals surface area (Å²) in [5.41, 5.74) is 10.3. The molecule has 10 heteroatoms. The van der Waals surface area contributed by atoms with Crippen LogP contribution in [0.3, 0.4) is 0 Å². The van der Waals surface area contributed by atoms with Crippen molar-refractivity contribution in [1.82, 2.24) is 19.5 Å². The average molecular weight is 291 g/mol. The number of aliphatic hydroxyl groups is 2. The van der Waals surface area contributed by atoms with Gasteiger partial charge in [0.1, 0.15) is 23.9 Å². The summed E-state index contributed by atoms with van der Waals surface area (Å²) in [5.74, 6) is 0.109. The van der Waals surface area contributed by atoms with E-state index in [9.17, 15) is 10.2 Å². The Hall–Kier alpha value is -2.48. The third-order valence-corrected chi connectivity index (χ3v) is 3.51. The average Bonchev–Trinajstić information content (AvgIpc) is 3.00. The molecule has 1 aliphatic heterocycles. The van der Waals surface area contributed by atoms with Crippen molar-refractivity contribution in [2.75, 3.05) is 18.1 Å². The number of aromatic nitrogens is 4. The number of imidazole rings is 1. The highest BCUT2D eigenvalue weighted by Crippen LogP contribution is 2.37. The quantitative estimate of drug-likeness (QED) is 0.515. The van der Waals surface area contributed by atoms with Gasteiger partial charge in [0.25, 0.3) is 0 Å². The highest BCUT2D eigenvalue weighted by atomic mass is 16.6. The van der Waals surface area contributed by atoms with E-state index in [1.165, 1.54) is 10.9 Å². The maximum Gasteiger partial charge on any atom is 0.224 e. The number of anilines is 2. The van der Waals surface area contributed by atoms with Gasteiger partial charge in [0, 0.05) is 6.42 Å². The number of nitriles is 1. The maximum absolute atomic E-state index is 9.97. The van der Waals surface area contributed by atoms with Gasteiger partial charge in [0.05, 0.1) is 12.9 Å². The van der Waals surface area contributed by atoms with Gasteiger partial charge >= 0.3 is 0 Å². The lowest BCUT2D eigenvalue weighted by molar-refractivity contribution is -0.0904. The number of ether oxygens (including phenoxy) is 1. The Bertz CT molecular complexity index is 739. The van der Waals surface area contributed by atoms with Gasteiger partial charge in [-0.1, -0.05) is 0 Å². The Morgan fingerprint density at radius 1 is 1.52 bits per heavy atom. The molecule has 0 aromatic carbocycles. The van der Waals surface area contributed by atoms with Crippen molar-refractivity contribution in [2.45, 2.75) is 24.4 Å². The van der Waals surface area contributed by atoms with Crippen LogP contribution in [0.5, 0.6) is 0 Å². The number of nitrogens with zero attached hydrogens (tertiary/aromatic N) is 5. The second kappa shape index (κ2) is 4.52. The highest BCUT2D eigenvalue weighted by molar-refractivity contribution is 5.82. The number of rotatable bonds is 2. The summed E-state index contributed by atoms with van der Waals surface area (Å²) >= 11 is 0. The molecule has 1 saturated heterocycles.